The van der Waals surface area contributed by atoms with Crippen molar-refractivity contribution in [3.8, 4) is 0 Å². The average Bonchev–Trinajstić information content (AvgIpc) is 2.48. The van der Waals surface area contributed by atoms with Gasteiger partial charge in [-0.1, -0.05) is 12.1 Å². The summed E-state index contributed by atoms with van der Waals surface area (Å²) >= 11 is 0. The molecule has 2 aromatic rings. The molecule has 1 amide bonds. The normalized spacial score (nSPS) is 10.6. The highest BCUT2D eigenvalue weighted by molar-refractivity contribution is 5.92. The second-order valence-electron chi connectivity index (χ2n) is 4.49. The maximum absolute atomic E-state index is 11.7. The van der Waals surface area contributed by atoms with Crippen molar-refractivity contribution < 1.29 is 4.79 Å². The molecule has 1 aromatic carbocycles. The van der Waals surface area contributed by atoms with Crippen molar-refractivity contribution in [3.05, 3.63) is 58.0 Å². The van der Waals surface area contributed by atoms with Crippen molar-refractivity contribution in [3.63, 3.8) is 0 Å². The van der Waals surface area contributed by atoms with E-state index in [4.69, 9.17) is 0 Å². The number of hydrazone groups is 1. The largest absolute Gasteiger partial charge is 0.378 e. The standard InChI is InChI=1S/C14H15N5O2/c1-19(2)11-5-3-10(4-6-11)9-15-18-14(21)12-7-8-13(20)17-16-12/h3-9H,1-2H3,(H,17,20)(H,18,21)/b15-9-. The topological polar surface area (TPSA) is 90.5 Å². The van der Waals surface area contributed by atoms with Crippen molar-refractivity contribution in [2.24, 2.45) is 5.10 Å². The number of benzene rings is 1. The molecule has 0 bridgehead atoms. The van der Waals surface area contributed by atoms with Gasteiger partial charge < -0.3 is 4.90 Å². The Bertz CT molecular complexity index is 684. The van der Waals surface area contributed by atoms with Crippen LogP contribution in [-0.4, -0.2) is 36.4 Å². The van der Waals surface area contributed by atoms with Gasteiger partial charge in [0.2, 0.25) is 0 Å². The van der Waals surface area contributed by atoms with Gasteiger partial charge in [-0.25, -0.2) is 10.5 Å². The number of aromatic nitrogens is 2. The Morgan fingerprint density at radius 1 is 1.24 bits per heavy atom. The van der Waals surface area contributed by atoms with Gasteiger partial charge >= 0.3 is 0 Å². The second-order valence-corrected chi connectivity index (χ2v) is 4.49. The predicted molar refractivity (Wildman–Crippen MR) is 80.7 cm³/mol. The summed E-state index contributed by atoms with van der Waals surface area (Å²) in [6.45, 7) is 0. The van der Waals surface area contributed by atoms with Gasteiger partial charge in [-0.3, -0.25) is 9.59 Å². The zero-order valence-corrected chi connectivity index (χ0v) is 11.7. The summed E-state index contributed by atoms with van der Waals surface area (Å²) in [4.78, 5) is 24.5. The number of carbonyl (C=O) groups is 1. The van der Waals surface area contributed by atoms with E-state index in [2.05, 4.69) is 20.7 Å². The van der Waals surface area contributed by atoms with Gasteiger partial charge in [0, 0.05) is 25.8 Å². The van der Waals surface area contributed by atoms with E-state index in [1.165, 1.54) is 18.3 Å². The smallest absolute Gasteiger partial charge is 0.291 e. The Morgan fingerprint density at radius 3 is 2.52 bits per heavy atom. The molecular weight excluding hydrogens is 270 g/mol. The number of anilines is 1. The molecule has 1 heterocycles. The molecule has 0 atom stereocenters. The molecule has 0 saturated heterocycles. The minimum atomic E-state index is -0.493. The lowest BCUT2D eigenvalue weighted by atomic mass is 10.2. The minimum Gasteiger partial charge on any atom is -0.378 e. The van der Waals surface area contributed by atoms with Crippen molar-refractivity contribution >= 4 is 17.8 Å². The van der Waals surface area contributed by atoms with Crippen molar-refractivity contribution in [2.75, 3.05) is 19.0 Å². The zero-order valence-electron chi connectivity index (χ0n) is 11.7. The van der Waals surface area contributed by atoms with E-state index in [0.717, 1.165) is 11.3 Å². The molecule has 7 heteroatoms. The van der Waals surface area contributed by atoms with Crippen molar-refractivity contribution in [1.82, 2.24) is 15.6 Å². The Kier molecular flexibility index (Phi) is 4.45. The maximum Gasteiger partial charge on any atom is 0.291 e. The van der Waals surface area contributed by atoms with Crippen LogP contribution in [0.25, 0.3) is 0 Å². The minimum absolute atomic E-state index is 0.0923. The third-order valence-corrected chi connectivity index (χ3v) is 2.70. The fourth-order valence-electron chi connectivity index (χ4n) is 1.55. The lowest BCUT2D eigenvalue weighted by Gasteiger charge is -2.11. The molecule has 0 aliphatic heterocycles. The second kappa shape index (κ2) is 6.47. The number of rotatable bonds is 4. The van der Waals surface area contributed by atoms with Crippen LogP contribution in [0.15, 0.2) is 46.3 Å². The average molecular weight is 285 g/mol. The van der Waals surface area contributed by atoms with E-state index in [9.17, 15) is 9.59 Å². The first-order valence-electron chi connectivity index (χ1n) is 6.23. The molecule has 0 spiro atoms. The molecule has 0 fully saturated rings. The van der Waals surface area contributed by atoms with Gasteiger partial charge in [0.1, 0.15) is 0 Å². The fourth-order valence-corrected chi connectivity index (χ4v) is 1.55. The lowest BCUT2D eigenvalue weighted by molar-refractivity contribution is 0.0949. The van der Waals surface area contributed by atoms with Crippen LogP contribution in [-0.2, 0) is 0 Å². The van der Waals surface area contributed by atoms with Gasteiger partial charge in [0.25, 0.3) is 11.5 Å². The molecule has 21 heavy (non-hydrogen) atoms. The Hall–Kier alpha value is -2.96. The third-order valence-electron chi connectivity index (χ3n) is 2.70. The van der Waals surface area contributed by atoms with Crippen LogP contribution in [0, 0.1) is 0 Å². The first-order chi connectivity index (χ1) is 10.1. The molecule has 0 radical (unpaired) electrons. The van der Waals surface area contributed by atoms with Crippen molar-refractivity contribution in [2.45, 2.75) is 0 Å². The van der Waals surface area contributed by atoms with Crippen LogP contribution in [0.4, 0.5) is 5.69 Å². The molecule has 0 aliphatic rings. The van der Waals surface area contributed by atoms with E-state index in [0.29, 0.717) is 0 Å². The number of amides is 1. The van der Waals surface area contributed by atoms with Crippen LogP contribution in [0.5, 0.6) is 0 Å². The maximum atomic E-state index is 11.7. The monoisotopic (exact) mass is 285 g/mol. The number of carbonyl (C=O) groups excluding carboxylic acids is 1. The molecule has 108 valence electrons. The molecule has 2 N–H and O–H groups in total. The molecule has 0 unspecified atom stereocenters. The summed E-state index contributed by atoms with van der Waals surface area (Å²) in [6.07, 6.45) is 1.53. The van der Waals surface area contributed by atoms with E-state index in [-0.39, 0.29) is 11.3 Å². The fraction of sp³-hybridized carbons (Fsp3) is 0.143. The molecule has 0 aliphatic carbocycles. The highest BCUT2D eigenvalue weighted by atomic mass is 16.2. The predicted octanol–water partition coefficient (Wildman–Crippen LogP) is 0.600. The van der Waals surface area contributed by atoms with Gasteiger partial charge in [0.15, 0.2) is 5.69 Å². The Balaban J connectivity index is 1.97. The van der Waals surface area contributed by atoms with E-state index in [1.807, 2.05) is 43.3 Å². The van der Waals surface area contributed by atoms with Crippen LogP contribution in [0.3, 0.4) is 0 Å². The summed E-state index contributed by atoms with van der Waals surface area (Å²) in [5, 5.41) is 9.63. The van der Waals surface area contributed by atoms with Crippen LogP contribution in [0.1, 0.15) is 16.1 Å². The summed E-state index contributed by atoms with van der Waals surface area (Å²) < 4.78 is 0. The Morgan fingerprint density at radius 2 is 1.95 bits per heavy atom. The lowest BCUT2D eigenvalue weighted by Crippen LogP contribution is -2.21. The molecular formula is C14H15N5O2. The number of nitrogens with one attached hydrogen (secondary N) is 2. The van der Waals surface area contributed by atoms with E-state index >= 15 is 0 Å². The third kappa shape index (κ3) is 4.00. The number of hydrogen-bond acceptors (Lipinski definition) is 5. The number of hydrogen-bond donors (Lipinski definition) is 2. The molecule has 2 rings (SSSR count). The van der Waals surface area contributed by atoms with E-state index in [1.54, 1.807) is 0 Å². The number of H-pyrrole nitrogens is 1. The van der Waals surface area contributed by atoms with Gasteiger partial charge in [0.05, 0.1) is 6.21 Å². The number of aromatic amines is 1. The summed E-state index contributed by atoms with van der Waals surface area (Å²) in [5.41, 5.74) is 4.00. The molecule has 0 saturated carbocycles. The van der Waals surface area contributed by atoms with Crippen LogP contribution < -0.4 is 15.9 Å². The summed E-state index contributed by atoms with van der Waals surface area (Å²) in [7, 11) is 3.92. The first-order valence-corrected chi connectivity index (χ1v) is 6.23. The highest BCUT2D eigenvalue weighted by Crippen LogP contribution is 2.10. The van der Waals surface area contributed by atoms with Crippen LogP contribution >= 0.6 is 0 Å². The molecule has 1 aromatic heterocycles. The summed E-state index contributed by atoms with van der Waals surface area (Å²) in [5.74, 6) is -0.493. The van der Waals surface area contributed by atoms with Gasteiger partial charge in [-0.2, -0.15) is 10.2 Å². The SMILES string of the molecule is CN(C)c1ccc(/C=N\NC(=O)c2ccc(=O)[nH]n2)cc1. The number of nitrogens with zero attached hydrogens (tertiary/aromatic N) is 3. The highest BCUT2D eigenvalue weighted by Gasteiger charge is 2.05. The van der Waals surface area contributed by atoms with E-state index < -0.39 is 5.91 Å². The van der Waals surface area contributed by atoms with Gasteiger partial charge in [-0.15, -0.1) is 0 Å². The van der Waals surface area contributed by atoms with Gasteiger partial charge in [-0.05, 0) is 23.8 Å². The summed E-state index contributed by atoms with van der Waals surface area (Å²) in [6, 6.07) is 10.2. The van der Waals surface area contributed by atoms with Crippen molar-refractivity contribution in [1.29, 1.82) is 0 Å². The first kappa shape index (κ1) is 14.4. The molecule has 7 nitrogen and oxygen atoms in total. The Labute approximate surface area is 121 Å². The van der Waals surface area contributed by atoms with Crippen LogP contribution in [0.2, 0.25) is 0 Å². The zero-order chi connectivity index (χ0) is 15.2. The quantitative estimate of drug-likeness (QED) is 0.636.